The van der Waals surface area contributed by atoms with Gasteiger partial charge in [0.25, 0.3) is 5.91 Å². The van der Waals surface area contributed by atoms with Crippen LogP contribution in [-0.2, 0) is 10.3 Å². The second-order valence-corrected chi connectivity index (χ2v) is 14.3. The number of benzene rings is 4. The fourth-order valence-corrected chi connectivity index (χ4v) is 7.39. The van der Waals surface area contributed by atoms with Gasteiger partial charge in [0.15, 0.2) is 5.65 Å². The second-order valence-electron chi connectivity index (χ2n) is 13.5. The first-order valence-corrected chi connectivity index (χ1v) is 17.7. The summed E-state index contributed by atoms with van der Waals surface area (Å²) in [6, 6.07) is 36.2. The summed E-state index contributed by atoms with van der Waals surface area (Å²) in [5.74, 6) is 0.297. The van der Waals surface area contributed by atoms with E-state index in [1.165, 1.54) is 11.9 Å². The number of nitrogens with zero attached hydrogens (tertiary/aromatic N) is 3. The topological polar surface area (TPSA) is 107 Å². The summed E-state index contributed by atoms with van der Waals surface area (Å²) in [5, 5.41) is 8.78. The molecule has 10 heteroatoms. The summed E-state index contributed by atoms with van der Waals surface area (Å²) in [7, 11) is 0. The predicted molar refractivity (Wildman–Crippen MR) is 199 cm³/mol. The van der Waals surface area contributed by atoms with Crippen molar-refractivity contribution in [2.75, 3.05) is 6.61 Å². The molecule has 9 nitrogen and oxygen atoms in total. The van der Waals surface area contributed by atoms with Crippen LogP contribution < -0.4 is 14.8 Å². The second kappa shape index (κ2) is 14.0. The quantitative estimate of drug-likeness (QED) is 0.122. The predicted octanol–water partition coefficient (Wildman–Crippen LogP) is 8.37. The Kier molecular flexibility index (Phi) is 9.27. The minimum absolute atomic E-state index is 0.268. The van der Waals surface area contributed by atoms with Crippen LogP contribution in [0.1, 0.15) is 71.4 Å². The molecule has 0 aliphatic carbocycles. The van der Waals surface area contributed by atoms with Crippen LogP contribution in [0.3, 0.4) is 0 Å². The molecule has 258 valence electrons. The normalized spacial score (nSPS) is 14.3. The van der Waals surface area contributed by atoms with E-state index >= 15 is 0 Å². The van der Waals surface area contributed by atoms with Gasteiger partial charge in [-0.1, -0.05) is 91.0 Å². The van der Waals surface area contributed by atoms with Crippen molar-refractivity contribution >= 4 is 35.0 Å². The van der Waals surface area contributed by atoms with Gasteiger partial charge in [0.05, 0.1) is 24.2 Å². The number of carbonyl (C=O) groups excluding carboxylic acids is 2. The highest BCUT2D eigenvalue weighted by molar-refractivity contribution is 7.98. The molecule has 0 radical (unpaired) electrons. The number of alkyl carbamates (subject to hydrolysis) is 1. The van der Waals surface area contributed by atoms with E-state index in [1.807, 2.05) is 105 Å². The number of aryl methyl sites for hydroxylation is 1. The van der Waals surface area contributed by atoms with Gasteiger partial charge in [-0.3, -0.25) is 9.52 Å². The van der Waals surface area contributed by atoms with E-state index in [-0.39, 0.29) is 11.9 Å². The zero-order valence-corrected chi connectivity index (χ0v) is 29.7. The zero-order chi connectivity index (χ0) is 35.6. The number of hydrogen-bond acceptors (Lipinski definition) is 7. The molecule has 2 aromatic heterocycles. The van der Waals surface area contributed by atoms with Gasteiger partial charge in [0.1, 0.15) is 16.9 Å². The monoisotopic (exact) mass is 697 g/mol. The highest BCUT2D eigenvalue weighted by atomic mass is 32.2. The number of hydrogen-bond donors (Lipinski definition) is 2. The van der Waals surface area contributed by atoms with E-state index < -0.39 is 17.2 Å². The first-order valence-electron chi connectivity index (χ1n) is 16.9. The number of nitrogens with one attached hydrogen (secondary N) is 2. The first-order chi connectivity index (χ1) is 24.6. The van der Waals surface area contributed by atoms with Crippen LogP contribution in [0.4, 0.5) is 4.79 Å². The van der Waals surface area contributed by atoms with Crippen LogP contribution in [0, 0.1) is 6.92 Å². The van der Waals surface area contributed by atoms with Gasteiger partial charge in [-0.05, 0) is 80.1 Å². The molecule has 3 heterocycles. The Balaban J connectivity index is 1.20. The standard InChI is InChI=1S/C41H39N5O4S/c1-27-24-32-34(44-39(48)50-40(2,3)4)21-23-49-35(32)25-31(27)38(47)45-51-36-20-22-42-37-33(36)26-43-46(37)41(28-14-8-5-9-15-28,29-16-10-6-11-17-29)30-18-12-7-13-19-30/h5-20,22,24-26,34H,21,23H2,1-4H3,(H,44,48)(H,45,47)/t34-/m0/s1. The largest absolute Gasteiger partial charge is 0.493 e. The average Bonchev–Trinajstić information content (AvgIpc) is 3.57. The van der Waals surface area contributed by atoms with Crippen molar-refractivity contribution < 1.29 is 19.1 Å². The number of fused-ring (bicyclic) bond motifs is 2. The molecule has 0 saturated heterocycles. The van der Waals surface area contributed by atoms with Crippen LogP contribution >= 0.6 is 11.9 Å². The summed E-state index contributed by atoms with van der Waals surface area (Å²) < 4.78 is 16.4. The Morgan fingerprint density at radius 1 is 0.882 bits per heavy atom. The fraction of sp³-hybridized carbons (Fsp3) is 0.220. The lowest BCUT2D eigenvalue weighted by atomic mass is 9.77. The third-order valence-electron chi connectivity index (χ3n) is 8.91. The number of carbonyl (C=O) groups is 2. The molecular formula is C41H39N5O4S. The molecule has 6 aromatic rings. The van der Waals surface area contributed by atoms with Crippen molar-refractivity contribution in [1.82, 2.24) is 24.8 Å². The SMILES string of the molecule is Cc1cc2c(cc1C(=O)NSc1ccnc3c1cnn3C(c1ccccc1)(c1ccccc1)c1ccccc1)OCC[C@@H]2NC(=O)OC(C)(C)C. The van der Waals surface area contributed by atoms with Gasteiger partial charge in [0.2, 0.25) is 0 Å². The zero-order valence-electron chi connectivity index (χ0n) is 28.9. The Bertz CT molecular complexity index is 2090. The van der Waals surface area contributed by atoms with Crippen LogP contribution in [0.15, 0.2) is 126 Å². The molecule has 51 heavy (non-hydrogen) atoms. The van der Waals surface area contributed by atoms with E-state index in [0.29, 0.717) is 30.0 Å². The molecule has 1 atom stereocenters. The van der Waals surface area contributed by atoms with Crippen LogP contribution in [-0.4, -0.2) is 39.0 Å². The lowest BCUT2D eigenvalue weighted by Gasteiger charge is -2.36. The first kappa shape index (κ1) is 33.9. The van der Waals surface area contributed by atoms with E-state index in [1.54, 1.807) is 12.3 Å². The minimum Gasteiger partial charge on any atom is -0.493 e. The third kappa shape index (κ3) is 6.67. The fourth-order valence-electron chi connectivity index (χ4n) is 6.70. The maximum Gasteiger partial charge on any atom is 0.408 e. The number of ether oxygens (including phenoxy) is 2. The van der Waals surface area contributed by atoms with E-state index in [0.717, 1.165) is 38.1 Å². The van der Waals surface area contributed by atoms with Crippen molar-refractivity contribution in [1.29, 1.82) is 0 Å². The molecule has 0 spiro atoms. The van der Waals surface area contributed by atoms with Crippen molar-refractivity contribution in [3.05, 3.63) is 155 Å². The molecule has 7 rings (SSSR count). The van der Waals surface area contributed by atoms with E-state index in [4.69, 9.17) is 19.6 Å². The summed E-state index contributed by atoms with van der Waals surface area (Å²) >= 11 is 1.22. The van der Waals surface area contributed by atoms with Gasteiger partial charge >= 0.3 is 6.09 Å². The van der Waals surface area contributed by atoms with Gasteiger partial charge in [-0.15, -0.1) is 0 Å². The lowest BCUT2D eigenvalue weighted by molar-refractivity contribution is 0.0490. The molecule has 2 N–H and O–H groups in total. The van der Waals surface area contributed by atoms with Crippen molar-refractivity contribution in [2.45, 2.75) is 56.2 Å². The Morgan fingerprint density at radius 3 is 2.08 bits per heavy atom. The summed E-state index contributed by atoms with van der Waals surface area (Å²) in [4.78, 5) is 31.9. The number of aromatic nitrogens is 3. The highest BCUT2D eigenvalue weighted by Crippen LogP contribution is 2.42. The maximum atomic E-state index is 13.7. The van der Waals surface area contributed by atoms with Crippen molar-refractivity contribution in [3.63, 3.8) is 0 Å². The minimum atomic E-state index is -0.832. The maximum absolute atomic E-state index is 13.7. The van der Waals surface area contributed by atoms with Gasteiger partial charge < -0.3 is 14.8 Å². The molecular weight excluding hydrogens is 659 g/mol. The van der Waals surface area contributed by atoms with Crippen LogP contribution in [0.25, 0.3) is 11.0 Å². The molecule has 4 aromatic carbocycles. The van der Waals surface area contributed by atoms with Crippen molar-refractivity contribution in [3.8, 4) is 5.75 Å². The smallest absolute Gasteiger partial charge is 0.408 e. The highest BCUT2D eigenvalue weighted by Gasteiger charge is 2.41. The van der Waals surface area contributed by atoms with Gasteiger partial charge in [0, 0.05) is 28.6 Å². The van der Waals surface area contributed by atoms with E-state index in [2.05, 4.69) is 46.4 Å². The summed E-state index contributed by atoms with van der Waals surface area (Å²) in [5.41, 5.74) is 4.40. The van der Waals surface area contributed by atoms with Crippen LogP contribution in [0.2, 0.25) is 0 Å². The number of pyridine rings is 1. The van der Waals surface area contributed by atoms with Gasteiger partial charge in [-0.2, -0.15) is 5.10 Å². The molecule has 0 saturated carbocycles. The Hall–Kier alpha value is -5.61. The molecule has 0 fully saturated rings. The Morgan fingerprint density at radius 2 is 1.49 bits per heavy atom. The molecule has 2 amide bonds. The molecule has 0 unspecified atom stereocenters. The molecule has 1 aliphatic rings. The number of rotatable bonds is 8. The molecule has 1 aliphatic heterocycles. The van der Waals surface area contributed by atoms with Crippen molar-refractivity contribution in [2.24, 2.45) is 0 Å². The number of amides is 2. The average molecular weight is 698 g/mol. The van der Waals surface area contributed by atoms with Gasteiger partial charge in [-0.25, -0.2) is 14.5 Å². The van der Waals surface area contributed by atoms with E-state index in [9.17, 15) is 9.59 Å². The third-order valence-corrected chi connectivity index (χ3v) is 9.77. The summed E-state index contributed by atoms with van der Waals surface area (Å²) in [6.45, 7) is 7.77. The Labute approximate surface area is 301 Å². The lowest BCUT2D eigenvalue weighted by Crippen LogP contribution is -2.38. The van der Waals surface area contributed by atoms with Crippen LogP contribution in [0.5, 0.6) is 5.75 Å². The molecule has 0 bridgehead atoms. The summed E-state index contributed by atoms with van der Waals surface area (Å²) in [6.07, 6.45) is 3.67.